The minimum absolute atomic E-state index is 0.730. The monoisotopic (exact) mass is 139 g/mol. The number of hydrogen-bond acceptors (Lipinski definition) is 3. The molecule has 1 aliphatic carbocycles. The van der Waals surface area contributed by atoms with Crippen LogP contribution in [0.25, 0.3) is 0 Å². The molecule has 3 heteroatoms. The van der Waals surface area contributed by atoms with Gasteiger partial charge >= 0.3 is 0 Å². The van der Waals surface area contributed by atoms with Gasteiger partial charge in [0.25, 0.3) is 0 Å². The van der Waals surface area contributed by atoms with Gasteiger partial charge in [0.15, 0.2) is 5.51 Å². The molecular formula is C6H7N2S. The van der Waals surface area contributed by atoms with Crippen LogP contribution in [0.3, 0.4) is 0 Å². The van der Waals surface area contributed by atoms with Gasteiger partial charge in [0, 0.05) is 5.92 Å². The third-order valence-electron chi connectivity index (χ3n) is 1.79. The summed E-state index contributed by atoms with van der Waals surface area (Å²) < 4.78 is 0. The highest BCUT2D eigenvalue weighted by Gasteiger charge is 2.21. The van der Waals surface area contributed by atoms with Crippen molar-refractivity contribution in [3.8, 4) is 0 Å². The van der Waals surface area contributed by atoms with E-state index < -0.39 is 0 Å². The fourth-order valence-corrected chi connectivity index (χ4v) is 1.64. The Morgan fingerprint density at radius 3 is 2.89 bits per heavy atom. The first-order chi connectivity index (χ1) is 4.47. The van der Waals surface area contributed by atoms with Crippen LogP contribution in [0.15, 0.2) is 0 Å². The Bertz CT molecular complexity index is 179. The van der Waals surface area contributed by atoms with Crippen LogP contribution in [0, 0.1) is 5.51 Å². The summed E-state index contributed by atoms with van der Waals surface area (Å²) in [7, 11) is 0. The Morgan fingerprint density at radius 1 is 1.56 bits per heavy atom. The zero-order valence-electron chi connectivity index (χ0n) is 5.00. The highest BCUT2D eigenvalue weighted by atomic mass is 32.1. The summed E-state index contributed by atoms with van der Waals surface area (Å²) in [6.07, 6.45) is 3.98. The van der Waals surface area contributed by atoms with Crippen molar-refractivity contribution < 1.29 is 0 Å². The molecule has 1 aromatic rings. The SMILES string of the molecule is [c]1nnc(C2CCC2)s1. The minimum Gasteiger partial charge on any atom is -0.143 e. The van der Waals surface area contributed by atoms with Crippen molar-refractivity contribution in [3.63, 3.8) is 0 Å². The summed E-state index contributed by atoms with van der Waals surface area (Å²) in [5.74, 6) is 0.730. The van der Waals surface area contributed by atoms with Crippen molar-refractivity contribution in [2.45, 2.75) is 25.2 Å². The summed E-state index contributed by atoms with van der Waals surface area (Å²) >= 11 is 1.56. The number of hydrogen-bond donors (Lipinski definition) is 0. The van der Waals surface area contributed by atoms with E-state index in [-0.39, 0.29) is 0 Å². The fraction of sp³-hybridized carbons (Fsp3) is 0.667. The molecule has 9 heavy (non-hydrogen) atoms. The number of nitrogens with zero attached hydrogens (tertiary/aromatic N) is 2. The Hall–Kier alpha value is -0.440. The molecule has 2 nitrogen and oxygen atoms in total. The predicted octanol–water partition coefficient (Wildman–Crippen LogP) is 1.61. The molecule has 1 radical (unpaired) electrons. The van der Waals surface area contributed by atoms with Gasteiger partial charge in [-0.1, -0.05) is 17.8 Å². The fourth-order valence-electron chi connectivity index (χ4n) is 0.977. The molecule has 0 amide bonds. The topological polar surface area (TPSA) is 25.8 Å². The van der Waals surface area contributed by atoms with Crippen molar-refractivity contribution in [1.29, 1.82) is 0 Å². The summed E-state index contributed by atoms with van der Waals surface area (Å²) in [5, 5.41) is 8.80. The molecule has 0 spiro atoms. The lowest BCUT2D eigenvalue weighted by atomic mass is 9.86. The molecule has 0 unspecified atom stereocenters. The highest BCUT2D eigenvalue weighted by Crippen LogP contribution is 2.36. The van der Waals surface area contributed by atoms with E-state index in [2.05, 4.69) is 15.7 Å². The van der Waals surface area contributed by atoms with Crippen LogP contribution in [-0.2, 0) is 0 Å². The number of aromatic nitrogens is 2. The second-order valence-corrected chi connectivity index (χ2v) is 3.16. The smallest absolute Gasteiger partial charge is 0.143 e. The van der Waals surface area contributed by atoms with Gasteiger partial charge in [0.2, 0.25) is 0 Å². The Kier molecular flexibility index (Phi) is 1.23. The molecule has 47 valence electrons. The van der Waals surface area contributed by atoms with E-state index in [1.54, 1.807) is 11.3 Å². The van der Waals surface area contributed by atoms with E-state index >= 15 is 0 Å². The van der Waals surface area contributed by atoms with Gasteiger partial charge in [-0.2, -0.15) is 0 Å². The van der Waals surface area contributed by atoms with E-state index in [0.717, 1.165) is 5.92 Å². The normalized spacial score (nSPS) is 19.6. The maximum absolute atomic E-state index is 3.95. The molecule has 0 aliphatic heterocycles. The quantitative estimate of drug-likeness (QED) is 0.590. The highest BCUT2D eigenvalue weighted by molar-refractivity contribution is 7.08. The molecule has 1 aliphatic rings. The third kappa shape index (κ3) is 0.852. The van der Waals surface area contributed by atoms with Crippen LogP contribution in [-0.4, -0.2) is 10.2 Å². The largest absolute Gasteiger partial charge is 0.178 e. The van der Waals surface area contributed by atoms with Gasteiger partial charge in [0.05, 0.1) is 0 Å². The van der Waals surface area contributed by atoms with Gasteiger partial charge in [-0.05, 0) is 12.8 Å². The minimum atomic E-state index is 0.730. The van der Waals surface area contributed by atoms with E-state index in [1.165, 1.54) is 24.3 Å². The molecule has 0 bridgehead atoms. The summed E-state index contributed by atoms with van der Waals surface area (Å²) in [6, 6.07) is 0. The van der Waals surface area contributed by atoms with Gasteiger partial charge in [-0.3, -0.25) is 0 Å². The van der Waals surface area contributed by atoms with E-state index in [1.807, 2.05) is 0 Å². The molecule has 0 saturated heterocycles. The van der Waals surface area contributed by atoms with Crippen LogP contribution in [0.4, 0.5) is 0 Å². The lowest BCUT2D eigenvalue weighted by Gasteiger charge is -2.21. The van der Waals surface area contributed by atoms with Gasteiger partial charge in [-0.15, -0.1) is 10.2 Å². The molecular weight excluding hydrogens is 132 g/mol. The summed E-state index contributed by atoms with van der Waals surface area (Å²) in [5.41, 5.74) is 2.76. The second kappa shape index (κ2) is 2.06. The Labute approximate surface area is 57.9 Å². The molecule has 1 aromatic heterocycles. The molecule has 0 N–H and O–H groups in total. The van der Waals surface area contributed by atoms with Crippen molar-refractivity contribution in [2.24, 2.45) is 0 Å². The first-order valence-corrected chi connectivity index (χ1v) is 3.98. The molecule has 1 heterocycles. The van der Waals surface area contributed by atoms with Gasteiger partial charge in [0.1, 0.15) is 5.01 Å². The van der Waals surface area contributed by atoms with Crippen molar-refractivity contribution in [1.82, 2.24) is 10.2 Å². The Balaban J connectivity index is 2.14. The second-order valence-electron chi connectivity index (χ2n) is 2.36. The summed E-state index contributed by atoms with van der Waals surface area (Å²) in [6.45, 7) is 0. The molecule has 0 atom stereocenters. The predicted molar refractivity (Wildman–Crippen MR) is 35.3 cm³/mol. The average Bonchev–Trinajstić information content (AvgIpc) is 2.11. The van der Waals surface area contributed by atoms with Gasteiger partial charge in [-0.25, -0.2) is 0 Å². The average molecular weight is 139 g/mol. The molecule has 1 fully saturated rings. The zero-order chi connectivity index (χ0) is 6.10. The van der Waals surface area contributed by atoms with Crippen LogP contribution < -0.4 is 0 Å². The number of rotatable bonds is 1. The van der Waals surface area contributed by atoms with Crippen molar-refractivity contribution in [3.05, 3.63) is 10.5 Å². The maximum Gasteiger partial charge on any atom is 0.178 e. The van der Waals surface area contributed by atoms with E-state index in [4.69, 9.17) is 0 Å². The van der Waals surface area contributed by atoms with Crippen LogP contribution in [0.5, 0.6) is 0 Å². The first-order valence-electron chi connectivity index (χ1n) is 3.16. The Morgan fingerprint density at radius 2 is 2.44 bits per heavy atom. The third-order valence-corrected chi connectivity index (χ3v) is 2.59. The van der Waals surface area contributed by atoms with Gasteiger partial charge < -0.3 is 0 Å². The molecule has 1 saturated carbocycles. The van der Waals surface area contributed by atoms with Crippen LogP contribution in [0.1, 0.15) is 30.2 Å². The lowest BCUT2D eigenvalue weighted by Crippen LogP contribution is -2.07. The molecule has 0 aromatic carbocycles. The summed E-state index contributed by atoms with van der Waals surface area (Å²) in [4.78, 5) is 0. The van der Waals surface area contributed by atoms with Crippen LogP contribution in [0.2, 0.25) is 0 Å². The first kappa shape index (κ1) is 5.35. The van der Waals surface area contributed by atoms with Crippen molar-refractivity contribution >= 4 is 11.3 Å². The van der Waals surface area contributed by atoms with Crippen molar-refractivity contribution in [2.75, 3.05) is 0 Å². The van der Waals surface area contributed by atoms with E-state index in [9.17, 15) is 0 Å². The van der Waals surface area contributed by atoms with E-state index in [0.29, 0.717) is 0 Å². The standard InChI is InChI=1S/C6H7N2S/c1-2-5(3-1)6-8-7-4-9-6/h5H,1-3H2. The molecule has 2 rings (SSSR count). The zero-order valence-corrected chi connectivity index (χ0v) is 5.82. The lowest BCUT2D eigenvalue weighted by molar-refractivity contribution is 0.416. The maximum atomic E-state index is 3.95. The van der Waals surface area contributed by atoms with Crippen LogP contribution >= 0.6 is 11.3 Å².